The van der Waals surface area contributed by atoms with E-state index in [0.717, 1.165) is 37.0 Å². The smallest absolute Gasteiger partial charge is 0.358 e. The van der Waals surface area contributed by atoms with Crippen LogP contribution in [0.25, 0.3) is 11.3 Å². The summed E-state index contributed by atoms with van der Waals surface area (Å²) in [6.45, 7) is 6.54. The molecule has 1 aromatic carbocycles. The third kappa shape index (κ3) is 5.13. The van der Waals surface area contributed by atoms with E-state index in [0.29, 0.717) is 0 Å². The molecule has 5 heteroatoms. The summed E-state index contributed by atoms with van der Waals surface area (Å²) in [6, 6.07) is 11.1. The van der Waals surface area contributed by atoms with E-state index in [9.17, 15) is 0 Å². The first-order valence-electron chi connectivity index (χ1n) is 6.61. The molecule has 0 bridgehead atoms. The first-order chi connectivity index (χ1) is 9.24. The minimum Gasteiger partial charge on any atom is -0.358 e. The standard InChI is InChI=1S/C15H18N3S.2CH3.K/c1-12-14(13-6-4-3-5-7-13)16-15(19-12)18-10-8-17(2)9-11-18;;;/h4-7H,8-11H2,1-2H3;2*1H3;/q3*-1;+1. The molecule has 1 aromatic heterocycles. The number of hydrogen-bond acceptors (Lipinski definition) is 4. The van der Waals surface area contributed by atoms with Crippen LogP contribution >= 0.6 is 11.3 Å². The second kappa shape index (κ2) is 10.2. The van der Waals surface area contributed by atoms with Crippen LogP contribution in [0.15, 0.2) is 24.3 Å². The van der Waals surface area contributed by atoms with Gasteiger partial charge in [0, 0.05) is 31.1 Å². The molecule has 1 saturated heterocycles. The molecule has 0 atom stereocenters. The van der Waals surface area contributed by atoms with Gasteiger partial charge in [-0.1, -0.05) is 0 Å². The van der Waals surface area contributed by atoms with Gasteiger partial charge in [0.25, 0.3) is 0 Å². The quantitative estimate of drug-likeness (QED) is 0.588. The maximum atomic E-state index is 4.84. The van der Waals surface area contributed by atoms with Gasteiger partial charge in [0.15, 0.2) is 5.13 Å². The van der Waals surface area contributed by atoms with E-state index in [-0.39, 0.29) is 66.2 Å². The maximum absolute atomic E-state index is 4.84. The number of likely N-dealkylation sites (N-methyl/N-ethyl adjacent to an activating group) is 1. The zero-order valence-electron chi connectivity index (χ0n) is 14.4. The van der Waals surface area contributed by atoms with E-state index >= 15 is 0 Å². The molecule has 3 rings (SSSR count). The van der Waals surface area contributed by atoms with Crippen molar-refractivity contribution in [3.8, 4) is 11.3 Å². The van der Waals surface area contributed by atoms with Gasteiger partial charge in [0.2, 0.25) is 0 Å². The molecule has 1 fully saturated rings. The first kappa shape index (κ1) is 22.2. The molecule has 22 heavy (non-hydrogen) atoms. The van der Waals surface area contributed by atoms with Gasteiger partial charge < -0.3 is 24.7 Å². The molecule has 116 valence electrons. The van der Waals surface area contributed by atoms with Gasteiger partial charge >= 0.3 is 51.4 Å². The van der Waals surface area contributed by atoms with E-state index in [1.54, 1.807) is 11.3 Å². The van der Waals surface area contributed by atoms with Crippen LogP contribution in [0.1, 0.15) is 4.88 Å². The second-order valence-corrected chi connectivity index (χ2v) is 6.16. The topological polar surface area (TPSA) is 19.4 Å². The van der Waals surface area contributed by atoms with Gasteiger partial charge in [-0.3, -0.25) is 0 Å². The monoisotopic (exact) mass is 341 g/mol. The maximum Gasteiger partial charge on any atom is 1.00 e. The van der Waals surface area contributed by atoms with Gasteiger partial charge in [-0.05, 0) is 14.0 Å². The third-order valence-electron chi connectivity index (χ3n) is 3.55. The number of aryl methyl sites for hydroxylation is 1. The number of aromatic nitrogens is 1. The van der Waals surface area contributed by atoms with E-state index < -0.39 is 0 Å². The molecule has 0 saturated carbocycles. The number of rotatable bonds is 2. The largest absolute Gasteiger partial charge is 1.00 e. The Bertz CT molecular complexity index is 548. The van der Waals surface area contributed by atoms with Crippen LogP contribution in [0.5, 0.6) is 0 Å². The van der Waals surface area contributed by atoms with Gasteiger partial charge in [0.05, 0.1) is 5.69 Å². The predicted molar refractivity (Wildman–Crippen MR) is 93.7 cm³/mol. The molecule has 0 N–H and O–H groups in total. The number of hydrogen-bond donors (Lipinski definition) is 0. The molecular formula is C17H24KN3S-2. The molecule has 0 spiro atoms. The van der Waals surface area contributed by atoms with Crippen LogP contribution < -0.4 is 56.3 Å². The summed E-state index contributed by atoms with van der Waals surface area (Å²) in [5.74, 6) is 0. The minimum atomic E-state index is 0. The molecule has 1 aliphatic heterocycles. The average molecular weight is 342 g/mol. The molecule has 0 radical (unpaired) electrons. The van der Waals surface area contributed by atoms with Crippen molar-refractivity contribution in [2.24, 2.45) is 0 Å². The molecular weight excluding hydrogens is 317 g/mol. The summed E-state index contributed by atoms with van der Waals surface area (Å²) in [7, 11) is 2.18. The Morgan fingerprint density at radius 3 is 2.27 bits per heavy atom. The van der Waals surface area contributed by atoms with Crippen LogP contribution in [0, 0.1) is 27.8 Å². The van der Waals surface area contributed by atoms with E-state index in [1.165, 1.54) is 10.4 Å². The van der Waals surface area contributed by atoms with Crippen LogP contribution in [-0.2, 0) is 0 Å². The zero-order valence-corrected chi connectivity index (χ0v) is 18.3. The Kier molecular flexibility index (Phi) is 10.3. The number of piperazine rings is 1. The van der Waals surface area contributed by atoms with Crippen LogP contribution in [0.2, 0.25) is 0 Å². The zero-order chi connectivity index (χ0) is 13.2. The van der Waals surface area contributed by atoms with Crippen molar-refractivity contribution in [1.82, 2.24) is 9.88 Å². The SMILES string of the molecule is Cc1sc(N2CCN(C)CC2)nc1-c1cc[c-]cc1.[CH3-].[CH3-].[K+]. The molecule has 0 unspecified atom stereocenters. The Balaban J connectivity index is 0.00000147. The van der Waals surface area contributed by atoms with Crippen molar-refractivity contribution in [1.29, 1.82) is 0 Å². The van der Waals surface area contributed by atoms with Crippen LogP contribution in [-0.4, -0.2) is 43.1 Å². The van der Waals surface area contributed by atoms with Crippen molar-refractivity contribution >= 4 is 16.5 Å². The van der Waals surface area contributed by atoms with Gasteiger partial charge in [-0.25, -0.2) is 4.98 Å². The molecule has 1 aliphatic rings. The summed E-state index contributed by atoms with van der Waals surface area (Å²) in [5.41, 5.74) is 2.31. The number of benzene rings is 1. The normalized spacial score (nSPS) is 14.5. The van der Waals surface area contributed by atoms with Crippen LogP contribution in [0.3, 0.4) is 0 Å². The molecule has 0 aliphatic carbocycles. The Morgan fingerprint density at radius 1 is 1.09 bits per heavy atom. The minimum absolute atomic E-state index is 0. The van der Waals surface area contributed by atoms with Crippen LogP contribution in [0.4, 0.5) is 5.13 Å². The average Bonchev–Trinajstić information content (AvgIpc) is 2.83. The summed E-state index contributed by atoms with van der Waals surface area (Å²) < 4.78 is 0. The van der Waals surface area contributed by atoms with Crippen molar-refractivity contribution in [2.75, 3.05) is 38.1 Å². The van der Waals surface area contributed by atoms with E-state index in [4.69, 9.17) is 4.98 Å². The van der Waals surface area contributed by atoms with Gasteiger partial charge in [-0.2, -0.15) is 30.3 Å². The van der Waals surface area contributed by atoms with Crippen molar-refractivity contribution in [2.45, 2.75) is 6.92 Å². The Morgan fingerprint density at radius 2 is 1.68 bits per heavy atom. The predicted octanol–water partition coefficient (Wildman–Crippen LogP) is 0.575. The second-order valence-electron chi connectivity index (χ2n) is 4.98. The number of nitrogens with zero attached hydrogens (tertiary/aromatic N) is 3. The molecule has 3 nitrogen and oxygen atoms in total. The summed E-state index contributed by atoms with van der Waals surface area (Å²) in [6.07, 6.45) is 0. The van der Waals surface area contributed by atoms with Gasteiger partial charge in [-0.15, -0.1) is 16.9 Å². The van der Waals surface area contributed by atoms with Crippen molar-refractivity contribution < 1.29 is 51.4 Å². The number of thiazole rings is 1. The van der Waals surface area contributed by atoms with E-state index in [1.807, 2.05) is 12.1 Å². The Hall–Kier alpha value is 0.246. The fourth-order valence-corrected chi connectivity index (χ4v) is 3.31. The van der Waals surface area contributed by atoms with Crippen molar-refractivity contribution in [3.63, 3.8) is 0 Å². The third-order valence-corrected chi connectivity index (χ3v) is 4.58. The number of anilines is 1. The first-order valence-corrected chi connectivity index (χ1v) is 7.43. The van der Waals surface area contributed by atoms with Crippen molar-refractivity contribution in [3.05, 3.63) is 50.1 Å². The van der Waals surface area contributed by atoms with Gasteiger partial charge in [0.1, 0.15) is 0 Å². The summed E-state index contributed by atoms with van der Waals surface area (Å²) in [5, 5.41) is 1.16. The fraction of sp³-hybridized carbons (Fsp3) is 0.353. The summed E-state index contributed by atoms with van der Waals surface area (Å²) in [4.78, 5) is 10.9. The summed E-state index contributed by atoms with van der Waals surface area (Å²) >= 11 is 1.80. The fourth-order valence-electron chi connectivity index (χ4n) is 2.33. The molecule has 0 amide bonds. The Labute approximate surface area is 182 Å². The molecule has 2 aromatic rings. The van der Waals surface area contributed by atoms with E-state index in [2.05, 4.69) is 42.0 Å². The molecule has 2 heterocycles.